The number of hydrogen-bond acceptors (Lipinski definition) is 11. The average Bonchev–Trinajstić information content (AvgIpc) is 3.49. The predicted octanol–water partition coefficient (Wildman–Crippen LogP) is 3.47. The third-order valence-electron chi connectivity index (χ3n) is 4.53. The van der Waals surface area contributed by atoms with Crippen molar-refractivity contribution >= 4 is 39.1 Å². The first-order valence-electron chi connectivity index (χ1n) is 9.80. The van der Waals surface area contributed by atoms with Crippen LogP contribution in [0, 0.1) is 20.2 Å². The quantitative estimate of drug-likeness (QED) is 0.123. The molecule has 16 heteroatoms. The number of hydrogen-bond donors (Lipinski definition) is 0. The summed E-state index contributed by atoms with van der Waals surface area (Å²) in [7, 11) is 0. The van der Waals surface area contributed by atoms with Crippen molar-refractivity contribution in [3.8, 4) is 17.1 Å². The summed E-state index contributed by atoms with van der Waals surface area (Å²) in [5.74, 6) is 0.838. The van der Waals surface area contributed by atoms with Crippen molar-refractivity contribution in [3.63, 3.8) is 0 Å². The van der Waals surface area contributed by atoms with Crippen LogP contribution in [-0.4, -0.2) is 56.0 Å². The number of aromatic nitrogens is 8. The molecule has 0 saturated heterocycles. The molecule has 4 rings (SSSR count). The van der Waals surface area contributed by atoms with E-state index in [4.69, 9.17) is 0 Å². The molecule has 14 nitrogen and oxygen atoms in total. The zero-order valence-corrected chi connectivity index (χ0v) is 19.7. The van der Waals surface area contributed by atoms with E-state index in [0.29, 0.717) is 11.7 Å². The lowest BCUT2D eigenvalue weighted by atomic mass is 10.1. The van der Waals surface area contributed by atoms with Gasteiger partial charge in [0.15, 0.2) is 0 Å². The van der Waals surface area contributed by atoms with Gasteiger partial charge in [-0.3, -0.25) is 20.2 Å². The highest BCUT2D eigenvalue weighted by molar-refractivity contribution is 9.10. The van der Waals surface area contributed by atoms with Crippen LogP contribution in [0.15, 0.2) is 52.1 Å². The molecular weight excluding hydrogens is 532 g/mol. The number of nitro groups is 2. The molecule has 34 heavy (non-hydrogen) atoms. The fraction of sp³-hybridized carbons (Fsp3) is 0.222. The van der Waals surface area contributed by atoms with E-state index in [2.05, 4.69) is 46.9 Å². The Labute approximate surface area is 203 Å². The average molecular weight is 547 g/mol. The van der Waals surface area contributed by atoms with Gasteiger partial charge in [0.2, 0.25) is 11.0 Å². The molecule has 0 spiro atoms. The van der Waals surface area contributed by atoms with E-state index in [1.54, 1.807) is 4.68 Å². The van der Waals surface area contributed by atoms with Crippen molar-refractivity contribution in [2.24, 2.45) is 0 Å². The van der Waals surface area contributed by atoms with Gasteiger partial charge in [-0.1, -0.05) is 27.7 Å². The van der Waals surface area contributed by atoms with Crippen LogP contribution in [0.4, 0.5) is 11.4 Å². The number of unbranched alkanes of at least 4 members (excludes halogenated alkanes) is 1. The van der Waals surface area contributed by atoms with Gasteiger partial charge in [-0.15, -0.1) is 15.3 Å². The number of tetrazole rings is 2. The van der Waals surface area contributed by atoms with Gasteiger partial charge in [0.25, 0.3) is 11.4 Å². The second kappa shape index (κ2) is 10.4. The summed E-state index contributed by atoms with van der Waals surface area (Å²) < 4.78 is 2.63. The fourth-order valence-corrected chi connectivity index (χ4v) is 4.07. The summed E-state index contributed by atoms with van der Waals surface area (Å²) in [6, 6.07) is 10.9. The largest absolute Gasteiger partial charge is 0.277 e. The third kappa shape index (κ3) is 5.57. The lowest BCUT2D eigenvalue weighted by Crippen LogP contribution is -2.03. The normalized spacial score (nSPS) is 11.0. The summed E-state index contributed by atoms with van der Waals surface area (Å²) in [6.07, 6.45) is 1.55. The first kappa shape index (κ1) is 23.4. The lowest BCUT2D eigenvalue weighted by molar-refractivity contribution is -0.394. The smallest absolute Gasteiger partial charge is 0.258 e. The van der Waals surface area contributed by atoms with Crippen molar-refractivity contribution in [3.05, 3.63) is 67.2 Å². The van der Waals surface area contributed by atoms with Crippen LogP contribution in [-0.2, 0) is 6.54 Å². The summed E-state index contributed by atoms with van der Waals surface area (Å²) in [6.45, 7) is 0.461. The second-order valence-electron chi connectivity index (χ2n) is 6.87. The number of rotatable bonds is 10. The molecule has 2 aromatic heterocycles. The minimum absolute atomic E-state index is 0.0786. The number of aryl methyl sites for hydroxylation is 1. The Hall–Kier alpha value is -3.79. The molecule has 0 fully saturated rings. The highest BCUT2D eigenvalue weighted by Gasteiger charge is 2.19. The van der Waals surface area contributed by atoms with E-state index in [0.717, 1.165) is 34.8 Å². The Morgan fingerprint density at radius 3 is 2.32 bits per heavy atom. The van der Waals surface area contributed by atoms with E-state index in [1.807, 2.05) is 24.3 Å². The van der Waals surface area contributed by atoms with Gasteiger partial charge >= 0.3 is 0 Å². The van der Waals surface area contributed by atoms with E-state index in [1.165, 1.54) is 28.7 Å². The minimum atomic E-state index is -0.703. The maximum atomic E-state index is 11.1. The maximum Gasteiger partial charge on any atom is 0.277 e. The number of benzene rings is 2. The van der Waals surface area contributed by atoms with Gasteiger partial charge in [0.1, 0.15) is 0 Å². The van der Waals surface area contributed by atoms with Gasteiger partial charge in [-0.25, -0.2) is 0 Å². The highest BCUT2D eigenvalue weighted by Crippen LogP contribution is 2.27. The number of non-ortho nitro benzene ring substituents is 2. The van der Waals surface area contributed by atoms with E-state index >= 15 is 0 Å². The topological polar surface area (TPSA) is 173 Å². The highest BCUT2D eigenvalue weighted by atomic mass is 79.9. The monoisotopic (exact) mass is 546 g/mol. The van der Waals surface area contributed by atoms with Crippen LogP contribution in [0.3, 0.4) is 0 Å². The first-order valence-corrected chi connectivity index (χ1v) is 11.6. The molecule has 174 valence electrons. The number of halogens is 1. The van der Waals surface area contributed by atoms with E-state index in [9.17, 15) is 20.2 Å². The lowest BCUT2D eigenvalue weighted by Gasteiger charge is -2.04. The van der Waals surface area contributed by atoms with Gasteiger partial charge in [-0.05, 0) is 52.7 Å². The molecule has 2 heterocycles. The Kier molecular flexibility index (Phi) is 7.17. The molecule has 0 saturated carbocycles. The van der Waals surface area contributed by atoms with Gasteiger partial charge in [-0.2, -0.15) is 9.48 Å². The molecule has 0 aliphatic rings. The molecule has 0 bridgehead atoms. The van der Waals surface area contributed by atoms with Gasteiger partial charge in [0.05, 0.1) is 28.1 Å². The summed E-state index contributed by atoms with van der Waals surface area (Å²) in [5, 5.41) is 46.7. The van der Waals surface area contributed by atoms with E-state index < -0.39 is 21.2 Å². The van der Waals surface area contributed by atoms with Crippen molar-refractivity contribution in [1.82, 2.24) is 40.4 Å². The molecule has 0 N–H and O–H groups in total. The van der Waals surface area contributed by atoms with Crippen LogP contribution in [0.2, 0.25) is 0 Å². The Balaban J connectivity index is 1.32. The van der Waals surface area contributed by atoms with Crippen LogP contribution in [0.5, 0.6) is 0 Å². The van der Waals surface area contributed by atoms with Crippen LogP contribution in [0.25, 0.3) is 17.1 Å². The molecule has 0 atom stereocenters. The van der Waals surface area contributed by atoms with Crippen LogP contribution in [0.1, 0.15) is 12.8 Å². The van der Waals surface area contributed by atoms with Crippen molar-refractivity contribution in [1.29, 1.82) is 0 Å². The standard InChI is InChI=1S/C18H15BrN10O4S/c19-13-3-5-14(6-4-13)27-18(21-23-25-27)34-8-2-1-7-26-22-17(20-24-26)12-9-15(28(30)31)11-16(10-12)29(32)33/h3-6,9-11H,1-2,7-8H2. The van der Waals surface area contributed by atoms with E-state index in [-0.39, 0.29) is 11.4 Å². The Morgan fingerprint density at radius 1 is 0.941 bits per heavy atom. The molecule has 0 aliphatic carbocycles. The SMILES string of the molecule is O=[N+]([O-])c1cc(-c2nnn(CCCCSc3nnnn3-c3ccc(Br)cc3)n2)cc([N+](=O)[O-])c1. The number of nitro benzene ring substituents is 2. The van der Waals surface area contributed by atoms with Gasteiger partial charge < -0.3 is 0 Å². The zero-order chi connectivity index (χ0) is 24.1. The summed E-state index contributed by atoms with van der Waals surface area (Å²) in [5.41, 5.74) is 0.185. The molecule has 0 amide bonds. The predicted molar refractivity (Wildman–Crippen MR) is 123 cm³/mol. The molecule has 2 aromatic carbocycles. The van der Waals surface area contributed by atoms with Crippen molar-refractivity contribution < 1.29 is 9.85 Å². The Bertz CT molecular complexity index is 1290. The van der Waals surface area contributed by atoms with Gasteiger partial charge in [0, 0.05) is 27.9 Å². The van der Waals surface area contributed by atoms with Crippen molar-refractivity contribution in [2.75, 3.05) is 5.75 Å². The number of thioether (sulfide) groups is 1. The second-order valence-corrected chi connectivity index (χ2v) is 8.84. The van der Waals surface area contributed by atoms with Crippen molar-refractivity contribution in [2.45, 2.75) is 24.5 Å². The fourth-order valence-electron chi connectivity index (χ4n) is 2.92. The summed E-state index contributed by atoms with van der Waals surface area (Å²) in [4.78, 5) is 22.1. The minimum Gasteiger partial charge on any atom is -0.258 e. The van der Waals surface area contributed by atoms with Crippen LogP contribution < -0.4 is 0 Å². The first-order chi connectivity index (χ1) is 16.4. The Morgan fingerprint density at radius 2 is 1.65 bits per heavy atom. The number of nitrogens with zero attached hydrogens (tertiary/aromatic N) is 10. The summed E-state index contributed by atoms with van der Waals surface area (Å²) >= 11 is 4.92. The van der Waals surface area contributed by atoms with Crippen LogP contribution >= 0.6 is 27.7 Å². The molecule has 0 radical (unpaired) electrons. The molecule has 0 aliphatic heterocycles. The third-order valence-corrected chi connectivity index (χ3v) is 6.07. The molecule has 4 aromatic rings. The molecule has 0 unspecified atom stereocenters. The zero-order valence-electron chi connectivity index (χ0n) is 17.3. The maximum absolute atomic E-state index is 11.1. The molecular formula is C18H15BrN10O4S.